The van der Waals surface area contributed by atoms with E-state index < -0.39 is 0 Å². The van der Waals surface area contributed by atoms with E-state index in [1.807, 2.05) is 74.5 Å². The van der Waals surface area contributed by atoms with Crippen molar-refractivity contribution in [2.45, 2.75) is 26.4 Å². The maximum Gasteiger partial charge on any atom is 0.241 e. The summed E-state index contributed by atoms with van der Waals surface area (Å²) in [6.45, 7) is 8.12. The van der Waals surface area contributed by atoms with E-state index in [1.54, 1.807) is 0 Å². The van der Waals surface area contributed by atoms with Crippen LogP contribution in [-0.2, 0) is 11.3 Å². The van der Waals surface area contributed by atoms with E-state index in [2.05, 4.69) is 20.3 Å². The number of piperazine rings is 1. The first kappa shape index (κ1) is 21.1. The second-order valence-electron chi connectivity index (χ2n) is 7.85. The zero-order chi connectivity index (χ0) is 21.6. The molecule has 1 saturated heterocycles. The molecule has 1 aliphatic rings. The molecule has 1 amide bonds. The summed E-state index contributed by atoms with van der Waals surface area (Å²) in [6.07, 6.45) is 0. The van der Waals surface area contributed by atoms with Gasteiger partial charge >= 0.3 is 0 Å². The van der Waals surface area contributed by atoms with Crippen LogP contribution < -0.4 is 10.1 Å². The van der Waals surface area contributed by atoms with Gasteiger partial charge in [-0.1, -0.05) is 23.4 Å². The number of aromatic nitrogens is 1. The Morgan fingerprint density at radius 3 is 2.39 bits per heavy atom. The molecule has 0 radical (unpaired) electrons. The quantitative estimate of drug-likeness (QED) is 0.625. The summed E-state index contributed by atoms with van der Waals surface area (Å²) in [5.41, 5.74) is 1.72. The molecule has 1 atom stereocenters. The lowest BCUT2D eigenvalue weighted by Gasteiger charge is -2.37. The maximum absolute atomic E-state index is 12.7. The average Bonchev–Trinajstić information content (AvgIpc) is 3.20. The van der Waals surface area contributed by atoms with Gasteiger partial charge in [0.05, 0.1) is 11.7 Å². The van der Waals surface area contributed by atoms with Gasteiger partial charge in [-0.3, -0.25) is 14.6 Å². The highest BCUT2D eigenvalue weighted by Crippen LogP contribution is 2.23. The van der Waals surface area contributed by atoms with Crippen LogP contribution in [-0.4, -0.2) is 53.1 Å². The highest BCUT2D eigenvalue weighted by atomic mass is 16.5. The maximum atomic E-state index is 12.7. The van der Waals surface area contributed by atoms with Gasteiger partial charge in [-0.2, -0.15) is 0 Å². The predicted molar refractivity (Wildman–Crippen MR) is 119 cm³/mol. The van der Waals surface area contributed by atoms with Crippen molar-refractivity contribution >= 4 is 11.6 Å². The van der Waals surface area contributed by atoms with E-state index in [0.29, 0.717) is 0 Å². The molecule has 31 heavy (non-hydrogen) atoms. The number of nitrogens with one attached hydrogen (secondary N) is 1. The summed E-state index contributed by atoms with van der Waals surface area (Å²) >= 11 is 0. The molecule has 0 spiro atoms. The molecule has 162 valence electrons. The Morgan fingerprint density at radius 2 is 1.74 bits per heavy atom. The standard InChI is InChI=1S/C24H28N4O3/c1-18-16-21(26-31-18)17-27-12-14-28(15-13-27)19(2)24(29)25-20-8-10-23(11-9-20)30-22-6-4-3-5-7-22/h3-11,16,19H,12-15,17H2,1-2H3,(H,25,29)/t19-/m1/s1. The number of anilines is 1. The Kier molecular flexibility index (Phi) is 6.64. The SMILES string of the molecule is Cc1cc(CN2CCN([C@H](C)C(=O)Nc3ccc(Oc4ccccc4)cc3)CC2)no1. The van der Waals surface area contributed by atoms with Crippen molar-refractivity contribution in [3.05, 3.63) is 72.1 Å². The Labute approximate surface area is 182 Å². The summed E-state index contributed by atoms with van der Waals surface area (Å²) in [4.78, 5) is 17.3. The van der Waals surface area contributed by atoms with Gasteiger partial charge in [0.15, 0.2) is 0 Å². The molecule has 1 aromatic heterocycles. The number of hydrogen-bond acceptors (Lipinski definition) is 6. The fourth-order valence-electron chi connectivity index (χ4n) is 3.67. The van der Waals surface area contributed by atoms with Crippen LogP contribution in [0.15, 0.2) is 65.2 Å². The van der Waals surface area contributed by atoms with Crippen LogP contribution in [0.1, 0.15) is 18.4 Å². The molecule has 7 nitrogen and oxygen atoms in total. The smallest absolute Gasteiger partial charge is 0.241 e. The van der Waals surface area contributed by atoms with E-state index in [0.717, 1.165) is 61.4 Å². The van der Waals surface area contributed by atoms with E-state index >= 15 is 0 Å². The molecular formula is C24H28N4O3. The van der Waals surface area contributed by atoms with Gasteiger partial charge in [-0.25, -0.2) is 0 Å². The third-order valence-electron chi connectivity index (χ3n) is 5.50. The number of aryl methyl sites for hydroxylation is 1. The van der Waals surface area contributed by atoms with Gasteiger partial charge in [-0.15, -0.1) is 0 Å². The number of carbonyl (C=O) groups excluding carboxylic acids is 1. The normalized spacial score (nSPS) is 16.1. The van der Waals surface area contributed by atoms with Gasteiger partial charge in [0, 0.05) is 44.5 Å². The van der Waals surface area contributed by atoms with Crippen LogP contribution in [0.5, 0.6) is 11.5 Å². The molecule has 4 rings (SSSR count). The summed E-state index contributed by atoms with van der Waals surface area (Å²) in [5, 5.41) is 7.08. The summed E-state index contributed by atoms with van der Waals surface area (Å²) in [7, 11) is 0. The highest BCUT2D eigenvalue weighted by Gasteiger charge is 2.26. The number of carbonyl (C=O) groups is 1. The van der Waals surface area contributed by atoms with Crippen LogP contribution >= 0.6 is 0 Å². The van der Waals surface area contributed by atoms with Crippen LogP contribution in [0, 0.1) is 6.92 Å². The lowest BCUT2D eigenvalue weighted by molar-refractivity contribution is -0.121. The minimum Gasteiger partial charge on any atom is -0.457 e. The predicted octanol–water partition coefficient (Wildman–Crippen LogP) is 3.92. The number of nitrogens with zero attached hydrogens (tertiary/aromatic N) is 3. The molecule has 7 heteroatoms. The third kappa shape index (κ3) is 5.71. The van der Waals surface area contributed by atoms with E-state index in [4.69, 9.17) is 9.26 Å². The third-order valence-corrected chi connectivity index (χ3v) is 5.50. The van der Waals surface area contributed by atoms with E-state index in [9.17, 15) is 4.79 Å². The Bertz CT molecular complexity index is 980. The monoisotopic (exact) mass is 420 g/mol. The molecule has 2 aromatic carbocycles. The number of amides is 1. The lowest BCUT2D eigenvalue weighted by Crippen LogP contribution is -2.52. The van der Waals surface area contributed by atoms with Crippen molar-refractivity contribution in [2.24, 2.45) is 0 Å². The Hall–Kier alpha value is -3.16. The minimum atomic E-state index is -0.198. The Balaban J connectivity index is 1.25. The van der Waals surface area contributed by atoms with Crippen molar-refractivity contribution in [2.75, 3.05) is 31.5 Å². The minimum absolute atomic E-state index is 0.00250. The van der Waals surface area contributed by atoms with Gasteiger partial charge in [0.1, 0.15) is 17.3 Å². The van der Waals surface area contributed by atoms with Crippen LogP contribution in [0.2, 0.25) is 0 Å². The lowest BCUT2D eigenvalue weighted by atomic mass is 10.2. The second-order valence-corrected chi connectivity index (χ2v) is 7.85. The first-order valence-electron chi connectivity index (χ1n) is 10.6. The summed E-state index contributed by atoms with van der Waals surface area (Å²) < 4.78 is 10.9. The first-order chi connectivity index (χ1) is 15.1. The van der Waals surface area contributed by atoms with Gasteiger partial charge < -0.3 is 14.6 Å². The van der Waals surface area contributed by atoms with E-state index in [-0.39, 0.29) is 11.9 Å². The van der Waals surface area contributed by atoms with Crippen molar-refractivity contribution in [3.63, 3.8) is 0 Å². The van der Waals surface area contributed by atoms with Crippen molar-refractivity contribution in [3.8, 4) is 11.5 Å². The zero-order valence-electron chi connectivity index (χ0n) is 18.0. The van der Waals surface area contributed by atoms with Gasteiger partial charge in [-0.05, 0) is 50.2 Å². The number of rotatable bonds is 7. The molecule has 0 aliphatic carbocycles. The molecule has 0 bridgehead atoms. The molecule has 3 aromatic rings. The number of para-hydroxylation sites is 1. The summed E-state index contributed by atoms with van der Waals surface area (Å²) in [5.74, 6) is 2.34. The fourth-order valence-corrected chi connectivity index (χ4v) is 3.67. The first-order valence-corrected chi connectivity index (χ1v) is 10.6. The van der Waals surface area contributed by atoms with Crippen LogP contribution in [0.25, 0.3) is 0 Å². The van der Waals surface area contributed by atoms with Crippen molar-refractivity contribution < 1.29 is 14.1 Å². The molecule has 0 unspecified atom stereocenters. The number of ether oxygens (including phenoxy) is 1. The number of benzene rings is 2. The Morgan fingerprint density at radius 1 is 1.06 bits per heavy atom. The summed E-state index contributed by atoms with van der Waals surface area (Å²) in [6, 6.07) is 18.8. The molecule has 2 heterocycles. The van der Waals surface area contributed by atoms with Crippen molar-refractivity contribution in [1.29, 1.82) is 0 Å². The van der Waals surface area contributed by atoms with Crippen LogP contribution in [0.3, 0.4) is 0 Å². The van der Waals surface area contributed by atoms with Crippen LogP contribution in [0.4, 0.5) is 5.69 Å². The zero-order valence-corrected chi connectivity index (χ0v) is 18.0. The second kappa shape index (κ2) is 9.76. The topological polar surface area (TPSA) is 70.8 Å². The van der Waals surface area contributed by atoms with Crippen molar-refractivity contribution in [1.82, 2.24) is 15.0 Å². The highest BCUT2D eigenvalue weighted by molar-refractivity contribution is 5.94. The van der Waals surface area contributed by atoms with Gasteiger partial charge in [0.25, 0.3) is 0 Å². The largest absolute Gasteiger partial charge is 0.457 e. The van der Waals surface area contributed by atoms with Gasteiger partial charge in [0.2, 0.25) is 5.91 Å². The molecular weight excluding hydrogens is 392 g/mol. The van der Waals surface area contributed by atoms with E-state index in [1.165, 1.54) is 0 Å². The molecule has 1 fully saturated rings. The molecule has 0 saturated carbocycles. The molecule has 1 aliphatic heterocycles. The average molecular weight is 421 g/mol. The number of hydrogen-bond donors (Lipinski definition) is 1. The fraction of sp³-hybridized carbons (Fsp3) is 0.333. The molecule has 1 N–H and O–H groups in total.